The fourth-order valence-corrected chi connectivity index (χ4v) is 2.19. The number of hydrogen-bond acceptors (Lipinski definition) is 3. The number of hydrogen-bond donors (Lipinski definition) is 0. The third kappa shape index (κ3) is 1.83. The number of carboxylic acid groups (broad SMARTS) is 1. The first kappa shape index (κ1) is 10.4. The zero-order valence-electron chi connectivity index (χ0n) is 9.03. The van der Waals surface area contributed by atoms with Crippen molar-refractivity contribution in [3.05, 3.63) is 12.2 Å². The number of aliphatic carboxylic acids is 1. The lowest BCUT2D eigenvalue weighted by Gasteiger charge is -2.01. The van der Waals surface area contributed by atoms with Crippen molar-refractivity contribution in [1.29, 1.82) is 0 Å². The molecule has 0 radical (unpaired) electrons. The molecule has 0 aromatic carbocycles. The highest BCUT2D eigenvalue weighted by Crippen LogP contribution is 2.58. The predicted molar refractivity (Wildman–Crippen MR) is 52.6 cm³/mol. The van der Waals surface area contributed by atoms with Gasteiger partial charge in [-0.2, -0.15) is 0 Å². The molecule has 3 heteroatoms. The van der Waals surface area contributed by atoms with Crippen LogP contribution < -0.4 is 5.11 Å². The van der Waals surface area contributed by atoms with Crippen LogP contribution in [0.2, 0.25) is 0 Å². The monoisotopic (exact) mass is 207 g/mol. The van der Waals surface area contributed by atoms with Crippen molar-refractivity contribution in [2.45, 2.75) is 26.7 Å². The van der Waals surface area contributed by atoms with Gasteiger partial charge in [-0.25, -0.2) is 0 Å². The number of carbonyl (C=O) groups excluding carboxylic acids is 2. The lowest BCUT2D eigenvalue weighted by Crippen LogP contribution is -2.26. The summed E-state index contributed by atoms with van der Waals surface area (Å²) in [5, 5.41) is 10.7. The summed E-state index contributed by atoms with van der Waals surface area (Å²) in [6.07, 6.45) is 5.29. The Labute approximate surface area is 89.2 Å². The topological polar surface area (TPSA) is 57.2 Å². The van der Waals surface area contributed by atoms with Gasteiger partial charge in [-0.05, 0) is 30.3 Å². The Kier molecular flexibility index (Phi) is 2.21. The second-order valence-electron chi connectivity index (χ2n) is 5.18. The smallest absolute Gasteiger partial charge is 0.158 e. The van der Waals surface area contributed by atoms with Crippen LogP contribution in [-0.2, 0) is 9.59 Å². The van der Waals surface area contributed by atoms with Gasteiger partial charge in [0.15, 0.2) is 5.78 Å². The van der Waals surface area contributed by atoms with E-state index in [-0.39, 0.29) is 23.0 Å². The first-order valence-corrected chi connectivity index (χ1v) is 5.37. The van der Waals surface area contributed by atoms with Gasteiger partial charge in [0.1, 0.15) is 0 Å². The third-order valence-electron chi connectivity index (χ3n) is 3.61. The molecule has 3 nitrogen and oxygen atoms in total. The molecule has 0 bridgehead atoms. The van der Waals surface area contributed by atoms with Crippen LogP contribution in [0.15, 0.2) is 12.2 Å². The molecule has 0 amide bonds. The molecule has 2 atom stereocenters. The van der Waals surface area contributed by atoms with E-state index >= 15 is 0 Å². The zero-order valence-corrected chi connectivity index (χ0v) is 9.03. The van der Waals surface area contributed by atoms with E-state index in [1.165, 1.54) is 0 Å². The quantitative estimate of drug-likeness (QED) is 0.632. The standard InChI is InChI=1S/C12H16O3/c1-12(2)8(10(12)11(14)15)5-6-9(13)7-3-4-7/h5-8,10H,3-4H2,1-2H3,(H,14,15)/p-1/b6-5+. The van der Waals surface area contributed by atoms with E-state index in [0.29, 0.717) is 0 Å². The molecule has 0 saturated heterocycles. The van der Waals surface area contributed by atoms with Crippen molar-refractivity contribution >= 4 is 11.8 Å². The molecule has 0 aliphatic heterocycles. The molecule has 0 aromatic rings. The van der Waals surface area contributed by atoms with Crippen molar-refractivity contribution in [3.8, 4) is 0 Å². The minimum Gasteiger partial charge on any atom is -0.550 e. The SMILES string of the molecule is CC1(C)C(/C=C/C(=O)C2CC2)C1C(=O)[O-]. The average molecular weight is 207 g/mol. The molecule has 0 aromatic heterocycles. The number of carboxylic acids is 1. The lowest BCUT2D eigenvalue weighted by molar-refractivity contribution is -0.309. The minimum absolute atomic E-state index is 0.0369. The molecular weight excluding hydrogens is 192 g/mol. The summed E-state index contributed by atoms with van der Waals surface area (Å²) in [6, 6.07) is 0. The van der Waals surface area contributed by atoms with Crippen LogP contribution in [0.5, 0.6) is 0 Å². The van der Waals surface area contributed by atoms with Gasteiger partial charge >= 0.3 is 0 Å². The Balaban J connectivity index is 1.96. The van der Waals surface area contributed by atoms with Gasteiger partial charge in [-0.15, -0.1) is 0 Å². The van der Waals surface area contributed by atoms with Crippen LogP contribution in [-0.4, -0.2) is 11.8 Å². The molecule has 2 saturated carbocycles. The van der Waals surface area contributed by atoms with Crippen LogP contribution in [0.25, 0.3) is 0 Å². The van der Waals surface area contributed by atoms with Gasteiger partial charge in [-0.1, -0.05) is 19.9 Å². The van der Waals surface area contributed by atoms with Crippen LogP contribution in [0.4, 0.5) is 0 Å². The molecule has 15 heavy (non-hydrogen) atoms. The molecule has 82 valence electrons. The molecule has 0 spiro atoms. The van der Waals surface area contributed by atoms with Gasteiger partial charge in [-0.3, -0.25) is 4.79 Å². The van der Waals surface area contributed by atoms with Crippen LogP contribution >= 0.6 is 0 Å². The molecule has 2 aliphatic rings. The van der Waals surface area contributed by atoms with Crippen LogP contribution in [0, 0.1) is 23.2 Å². The van der Waals surface area contributed by atoms with Crippen molar-refractivity contribution in [3.63, 3.8) is 0 Å². The van der Waals surface area contributed by atoms with Gasteiger partial charge in [0.05, 0.1) is 0 Å². The minimum atomic E-state index is -1.01. The Morgan fingerprint density at radius 1 is 1.33 bits per heavy atom. The summed E-state index contributed by atoms with van der Waals surface area (Å²) >= 11 is 0. The van der Waals surface area contributed by atoms with Gasteiger partial charge < -0.3 is 9.90 Å². The fraction of sp³-hybridized carbons (Fsp3) is 0.667. The summed E-state index contributed by atoms with van der Waals surface area (Å²) in [6.45, 7) is 3.79. The summed E-state index contributed by atoms with van der Waals surface area (Å²) in [5.74, 6) is -1.11. The van der Waals surface area contributed by atoms with E-state index in [1.54, 1.807) is 12.2 Å². The summed E-state index contributed by atoms with van der Waals surface area (Å²) in [7, 11) is 0. The molecule has 0 heterocycles. The highest BCUT2D eigenvalue weighted by molar-refractivity contribution is 5.93. The predicted octanol–water partition coefficient (Wildman–Crippen LogP) is 0.544. The van der Waals surface area contributed by atoms with Crippen LogP contribution in [0.1, 0.15) is 26.7 Å². The number of ketones is 1. The Hall–Kier alpha value is -1.12. The highest BCUT2D eigenvalue weighted by atomic mass is 16.4. The molecule has 2 unspecified atom stereocenters. The molecule has 2 rings (SSSR count). The zero-order chi connectivity index (χ0) is 11.2. The Morgan fingerprint density at radius 3 is 2.33 bits per heavy atom. The second-order valence-corrected chi connectivity index (χ2v) is 5.18. The van der Waals surface area contributed by atoms with Crippen molar-refractivity contribution in [2.24, 2.45) is 23.2 Å². The van der Waals surface area contributed by atoms with Crippen molar-refractivity contribution in [2.75, 3.05) is 0 Å². The lowest BCUT2D eigenvalue weighted by atomic mass is 10.1. The molecule has 0 N–H and O–H groups in total. The first-order chi connectivity index (χ1) is 6.94. The van der Waals surface area contributed by atoms with Crippen LogP contribution in [0.3, 0.4) is 0 Å². The van der Waals surface area contributed by atoms with E-state index < -0.39 is 11.9 Å². The van der Waals surface area contributed by atoms with E-state index in [2.05, 4.69) is 0 Å². The van der Waals surface area contributed by atoms with E-state index in [1.807, 2.05) is 13.8 Å². The summed E-state index contributed by atoms with van der Waals surface area (Å²) in [4.78, 5) is 22.1. The largest absolute Gasteiger partial charge is 0.550 e. The summed E-state index contributed by atoms with van der Waals surface area (Å²) < 4.78 is 0. The molecule has 2 aliphatic carbocycles. The van der Waals surface area contributed by atoms with Crippen molar-refractivity contribution < 1.29 is 14.7 Å². The maximum atomic E-state index is 11.4. The van der Waals surface area contributed by atoms with E-state index in [9.17, 15) is 14.7 Å². The van der Waals surface area contributed by atoms with E-state index in [4.69, 9.17) is 0 Å². The summed E-state index contributed by atoms with van der Waals surface area (Å²) in [5.41, 5.74) is -0.251. The maximum absolute atomic E-state index is 11.4. The maximum Gasteiger partial charge on any atom is 0.158 e. The van der Waals surface area contributed by atoms with Crippen molar-refractivity contribution in [1.82, 2.24) is 0 Å². The second kappa shape index (κ2) is 3.19. The fourth-order valence-electron chi connectivity index (χ4n) is 2.19. The number of rotatable bonds is 4. The first-order valence-electron chi connectivity index (χ1n) is 5.37. The average Bonchev–Trinajstić information content (AvgIpc) is 2.96. The number of carbonyl (C=O) groups is 2. The highest BCUT2D eigenvalue weighted by Gasteiger charge is 2.56. The number of allylic oxidation sites excluding steroid dienone is 2. The molecular formula is C12H15O3-. The van der Waals surface area contributed by atoms with Gasteiger partial charge in [0.25, 0.3) is 0 Å². The third-order valence-corrected chi connectivity index (χ3v) is 3.61. The Morgan fingerprint density at radius 2 is 1.93 bits per heavy atom. The Bertz CT molecular complexity index is 337. The van der Waals surface area contributed by atoms with Gasteiger partial charge in [0.2, 0.25) is 0 Å². The van der Waals surface area contributed by atoms with Gasteiger partial charge in [0, 0.05) is 17.8 Å². The molecule has 2 fully saturated rings. The normalized spacial score (nSPS) is 32.9. The van der Waals surface area contributed by atoms with E-state index in [0.717, 1.165) is 12.8 Å².